The van der Waals surface area contributed by atoms with Gasteiger partial charge in [-0.05, 0) is 36.2 Å². The summed E-state index contributed by atoms with van der Waals surface area (Å²) in [5, 5.41) is 11.4. The standard InChI is InChI=1S/C19H24N4O3.2ClH/c1-14-10-19(23(24)25)18(12-17(14)20)22-8-6-21(7-9-22)13-15-4-3-5-16(11-15)26-2;;/h3-5,10-12H,6-9,13,20H2,1-2H3;2*1H. The molecule has 2 aromatic rings. The molecule has 0 aliphatic carbocycles. The molecule has 1 saturated heterocycles. The second-order valence-corrected chi connectivity index (χ2v) is 6.57. The zero-order valence-electron chi connectivity index (χ0n) is 16.0. The largest absolute Gasteiger partial charge is 0.497 e. The number of ether oxygens (including phenoxy) is 1. The van der Waals surface area contributed by atoms with Crippen molar-refractivity contribution in [2.24, 2.45) is 0 Å². The Kier molecular flexibility index (Phi) is 8.81. The Labute approximate surface area is 177 Å². The van der Waals surface area contributed by atoms with Crippen LogP contribution in [0.2, 0.25) is 0 Å². The first kappa shape index (κ1) is 23.8. The van der Waals surface area contributed by atoms with Gasteiger partial charge in [0.1, 0.15) is 11.4 Å². The molecule has 1 fully saturated rings. The van der Waals surface area contributed by atoms with E-state index in [1.807, 2.05) is 18.2 Å². The summed E-state index contributed by atoms with van der Waals surface area (Å²) in [7, 11) is 1.66. The van der Waals surface area contributed by atoms with Gasteiger partial charge in [-0.1, -0.05) is 12.1 Å². The summed E-state index contributed by atoms with van der Waals surface area (Å²) in [4.78, 5) is 15.5. The number of nitro benzene ring substituents is 1. The fourth-order valence-electron chi connectivity index (χ4n) is 3.27. The van der Waals surface area contributed by atoms with E-state index in [-0.39, 0.29) is 35.4 Å². The number of nitrogens with zero attached hydrogens (tertiary/aromatic N) is 3. The zero-order chi connectivity index (χ0) is 18.7. The second kappa shape index (κ2) is 10.4. The minimum atomic E-state index is -0.329. The van der Waals surface area contributed by atoms with Crippen molar-refractivity contribution in [1.82, 2.24) is 4.90 Å². The lowest BCUT2D eigenvalue weighted by atomic mass is 10.1. The highest BCUT2D eigenvalue weighted by atomic mass is 35.5. The van der Waals surface area contributed by atoms with Crippen LogP contribution >= 0.6 is 24.8 Å². The van der Waals surface area contributed by atoms with Crippen LogP contribution in [0.15, 0.2) is 36.4 Å². The van der Waals surface area contributed by atoms with Gasteiger partial charge in [-0.15, -0.1) is 24.8 Å². The SMILES string of the molecule is COc1cccc(CN2CCN(c3cc(N)c(C)cc3[N+](=O)[O-])CC2)c1.Cl.Cl. The van der Waals surface area contributed by atoms with Crippen LogP contribution in [0.1, 0.15) is 11.1 Å². The average Bonchev–Trinajstić information content (AvgIpc) is 2.64. The first-order valence-corrected chi connectivity index (χ1v) is 8.62. The van der Waals surface area contributed by atoms with Crippen LogP contribution in [0.4, 0.5) is 17.1 Å². The van der Waals surface area contributed by atoms with Crippen molar-refractivity contribution in [2.75, 3.05) is 43.9 Å². The highest BCUT2D eigenvalue weighted by Gasteiger charge is 2.24. The van der Waals surface area contributed by atoms with Crippen molar-refractivity contribution in [3.63, 3.8) is 0 Å². The van der Waals surface area contributed by atoms with Crippen LogP contribution in [-0.4, -0.2) is 43.1 Å². The van der Waals surface area contributed by atoms with Crippen molar-refractivity contribution < 1.29 is 9.66 Å². The molecule has 9 heteroatoms. The topological polar surface area (TPSA) is 84.9 Å². The Bertz CT molecular complexity index is 812. The molecule has 0 aromatic heterocycles. The maximum atomic E-state index is 11.4. The van der Waals surface area contributed by atoms with E-state index in [0.717, 1.165) is 44.0 Å². The van der Waals surface area contributed by atoms with Crippen molar-refractivity contribution in [3.8, 4) is 5.75 Å². The van der Waals surface area contributed by atoms with Gasteiger partial charge in [-0.25, -0.2) is 0 Å². The van der Waals surface area contributed by atoms with E-state index in [9.17, 15) is 10.1 Å². The average molecular weight is 429 g/mol. The van der Waals surface area contributed by atoms with Gasteiger partial charge in [0.25, 0.3) is 5.69 Å². The van der Waals surface area contributed by atoms with Gasteiger partial charge in [0.15, 0.2) is 0 Å². The molecule has 0 spiro atoms. The summed E-state index contributed by atoms with van der Waals surface area (Å²) in [6.45, 7) is 5.76. The van der Waals surface area contributed by atoms with Crippen LogP contribution < -0.4 is 15.4 Å². The van der Waals surface area contributed by atoms with E-state index in [1.54, 1.807) is 26.2 Å². The van der Waals surface area contributed by atoms with E-state index >= 15 is 0 Å². The first-order valence-electron chi connectivity index (χ1n) is 8.62. The molecule has 2 N–H and O–H groups in total. The predicted octanol–water partition coefficient (Wildman–Crippen LogP) is 3.66. The molecule has 0 radical (unpaired) electrons. The number of rotatable bonds is 5. The number of aryl methyl sites for hydroxylation is 1. The number of halogens is 2. The molecule has 2 aromatic carbocycles. The Morgan fingerprint density at radius 1 is 1.14 bits per heavy atom. The van der Waals surface area contributed by atoms with Gasteiger partial charge >= 0.3 is 0 Å². The van der Waals surface area contributed by atoms with Gasteiger partial charge < -0.3 is 15.4 Å². The van der Waals surface area contributed by atoms with Crippen LogP contribution in [0, 0.1) is 17.0 Å². The number of piperazine rings is 1. The van der Waals surface area contributed by atoms with E-state index in [2.05, 4.69) is 15.9 Å². The molecular weight excluding hydrogens is 403 g/mol. The number of hydrogen-bond acceptors (Lipinski definition) is 6. The van der Waals surface area contributed by atoms with Crippen LogP contribution in [0.5, 0.6) is 5.75 Å². The van der Waals surface area contributed by atoms with E-state index in [1.165, 1.54) is 5.56 Å². The number of nitrogens with two attached hydrogens (primary N) is 1. The molecule has 0 atom stereocenters. The predicted molar refractivity (Wildman–Crippen MR) is 117 cm³/mol. The summed E-state index contributed by atoms with van der Waals surface area (Å²) in [6.07, 6.45) is 0. The molecule has 7 nitrogen and oxygen atoms in total. The fourth-order valence-corrected chi connectivity index (χ4v) is 3.27. The third-order valence-corrected chi connectivity index (χ3v) is 4.81. The molecule has 0 saturated carbocycles. The molecule has 0 unspecified atom stereocenters. The number of benzene rings is 2. The van der Waals surface area contributed by atoms with Gasteiger partial charge in [-0.3, -0.25) is 15.0 Å². The van der Waals surface area contributed by atoms with Gasteiger partial charge in [0.2, 0.25) is 0 Å². The molecule has 3 rings (SSSR count). The van der Waals surface area contributed by atoms with Gasteiger partial charge in [-0.2, -0.15) is 0 Å². The maximum Gasteiger partial charge on any atom is 0.292 e. The summed E-state index contributed by atoms with van der Waals surface area (Å²) in [6, 6.07) is 11.3. The van der Waals surface area contributed by atoms with Crippen LogP contribution in [0.3, 0.4) is 0 Å². The van der Waals surface area contributed by atoms with Gasteiger partial charge in [0, 0.05) is 44.5 Å². The quantitative estimate of drug-likeness (QED) is 0.444. The number of nitrogen functional groups attached to an aromatic ring is 1. The molecule has 1 aliphatic rings. The number of hydrogen-bond donors (Lipinski definition) is 1. The molecular formula is C19H26Cl2N4O3. The zero-order valence-corrected chi connectivity index (χ0v) is 17.6. The van der Waals surface area contributed by atoms with Gasteiger partial charge in [0.05, 0.1) is 12.0 Å². The summed E-state index contributed by atoms with van der Waals surface area (Å²) in [5.41, 5.74) is 9.23. The minimum absolute atomic E-state index is 0. The number of anilines is 2. The minimum Gasteiger partial charge on any atom is -0.497 e. The number of methoxy groups -OCH3 is 1. The van der Waals surface area contributed by atoms with Crippen molar-refractivity contribution >= 4 is 41.9 Å². The highest BCUT2D eigenvalue weighted by Crippen LogP contribution is 2.33. The van der Waals surface area contributed by atoms with Crippen molar-refractivity contribution in [2.45, 2.75) is 13.5 Å². The molecule has 154 valence electrons. The highest BCUT2D eigenvalue weighted by molar-refractivity contribution is 5.85. The Balaban J connectivity index is 0.00000196. The van der Waals surface area contributed by atoms with E-state index in [0.29, 0.717) is 11.4 Å². The number of nitro groups is 1. The van der Waals surface area contributed by atoms with E-state index in [4.69, 9.17) is 10.5 Å². The van der Waals surface area contributed by atoms with Crippen molar-refractivity contribution in [3.05, 3.63) is 57.6 Å². The normalized spacial score (nSPS) is 14.0. The fraction of sp³-hybridized carbons (Fsp3) is 0.368. The van der Waals surface area contributed by atoms with E-state index < -0.39 is 0 Å². The maximum absolute atomic E-state index is 11.4. The summed E-state index contributed by atoms with van der Waals surface area (Å²) in [5.74, 6) is 0.854. The lowest BCUT2D eigenvalue weighted by molar-refractivity contribution is -0.384. The molecule has 28 heavy (non-hydrogen) atoms. The van der Waals surface area contributed by atoms with Crippen LogP contribution in [0.25, 0.3) is 0 Å². The summed E-state index contributed by atoms with van der Waals surface area (Å²) >= 11 is 0. The smallest absolute Gasteiger partial charge is 0.292 e. The Morgan fingerprint density at radius 2 is 1.82 bits per heavy atom. The molecule has 1 heterocycles. The third kappa shape index (κ3) is 5.41. The monoisotopic (exact) mass is 428 g/mol. The lowest BCUT2D eigenvalue weighted by Crippen LogP contribution is -2.46. The first-order chi connectivity index (χ1) is 12.5. The Hall–Kier alpha value is -2.22. The third-order valence-electron chi connectivity index (χ3n) is 4.81. The molecule has 0 bridgehead atoms. The summed E-state index contributed by atoms with van der Waals surface area (Å²) < 4.78 is 5.27. The Morgan fingerprint density at radius 3 is 2.43 bits per heavy atom. The lowest BCUT2D eigenvalue weighted by Gasteiger charge is -2.36. The molecule has 1 aliphatic heterocycles. The second-order valence-electron chi connectivity index (χ2n) is 6.57. The van der Waals surface area contributed by atoms with Crippen molar-refractivity contribution in [1.29, 1.82) is 0 Å². The molecule has 0 amide bonds. The van der Waals surface area contributed by atoms with Crippen LogP contribution in [-0.2, 0) is 6.54 Å².